The summed E-state index contributed by atoms with van der Waals surface area (Å²) in [6.45, 7) is 36.4. The Kier molecular flexibility index (Phi) is 10.9. The molecule has 0 radical (unpaired) electrons. The molecule has 0 spiro atoms. The zero-order valence-electron chi connectivity index (χ0n) is 48.4. The predicted octanol–water partition coefficient (Wildman–Crippen LogP) is 18.8. The van der Waals surface area contributed by atoms with Crippen molar-refractivity contribution in [1.82, 2.24) is 0 Å². The summed E-state index contributed by atoms with van der Waals surface area (Å²) >= 11 is 1.93. The average molecular weight is 1030 g/mol. The van der Waals surface area contributed by atoms with Crippen LogP contribution in [0.4, 0.5) is 51.2 Å². The van der Waals surface area contributed by atoms with Crippen molar-refractivity contribution in [2.45, 2.75) is 156 Å². The Hall–Kier alpha value is -6.56. The number of fused-ring (bicyclic) bond motifs is 9. The lowest BCUT2D eigenvalue weighted by atomic mass is 9.33. The van der Waals surface area contributed by atoms with Crippen LogP contribution < -0.4 is 31.1 Å². The van der Waals surface area contributed by atoms with E-state index in [4.69, 9.17) is 0 Å². The van der Waals surface area contributed by atoms with Gasteiger partial charge in [-0.05, 0) is 193 Å². The molecule has 0 bridgehead atoms. The first kappa shape index (κ1) is 50.0. The van der Waals surface area contributed by atoms with E-state index in [0.717, 1.165) is 23.5 Å². The van der Waals surface area contributed by atoms with Crippen LogP contribution in [0.15, 0.2) is 152 Å². The van der Waals surface area contributed by atoms with Gasteiger partial charge in [0.05, 0.1) is 0 Å². The van der Waals surface area contributed by atoms with Crippen LogP contribution in [0.3, 0.4) is 0 Å². The first-order chi connectivity index (χ1) is 36.3. The molecule has 0 unspecified atom stereocenters. The molecule has 3 nitrogen and oxygen atoms in total. The van der Waals surface area contributed by atoms with E-state index in [9.17, 15) is 0 Å². The molecule has 388 valence electrons. The molecule has 0 atom stereocenters. The van der Waals surface area contributed by atoms with Crippen LogP contribution >= 0.6 is 11.3 Å². The standard InChI is InChI=1S/C72H76BN3S/c1-44-34-53-55(70(10,11)33-32-69(53,8)9)41-59(44)76-61-42-56-54(71(12,13)43-72(56,14)15)40-58(61)73-57-31-28-49(74(47-22-18-16-19-23-47)48-24-20-17-21-25-48)38-60(57)75(62-35-46(68(5,6)7)36-63(76)66(62)73)50-27-30-52-51-29-26-45(67(2,3)4)37-64(51)77-65(52)39-50/h16-31,34-42H,32-33,43H2,1-15H3. The smallest absolute Gasteiger partial charge is 0.252 e. The number of hydrogen-bond donors (Lipinski definition) is 0. The van der Waals surface area contributed by atoms with Gasteiger partial charge in [-0.1, -0.05) is 170 Å². The second-order valence-corrected chi connectivity index (χ2v) is 29.2. The third kappa shape index (κ3) is 7.78. The van der Waals surface area contributed by atoms with Crippen molar-refractivity contribution < 1.29 is 0 Å². The minimum atomic E-state index is -0.154. The van der Waals surface area contributed by atoms with Crippen LogP contribution in [0.5, 0.6) is 0 Å². The van der Waals surface area contributed by atoms with Gasteiger partial charge in [0, 0.05) is 71.4 Å². The van der Waals surface area contributed by atoms with Gasteiger partial charge in [0.25, 0.3) is 6.71 Å². The molecule has 0 saturated carbocycles. The summed E-state index contributed by atoms with van der Waals surface area (Å²) in [4.78, 5) is 7.85. The first-order valence-electron chi connectivity index (χ1n) is 28.5. The number of anilines is 9. The molecule has 13 rings (SSSR count). The molecule has 9 aromatic rings. The van der Waals surface area contributed by atoms with E-state index in [0.29, 0.717) is 0 Å². The molecule has 0 amide bonds. The van der Waals surface area contributed by atoms with E-state index in [1.54, 1.807) is 0 Å². The third-order valence-electron chi connectivity index (χ3n) is 18.7. The third-order valence-corrected chi connectivity index (χ3v) is 19.8. The lowest BCUT2D eigenvalue weighted by Crippen LogP contribution is -2.61. The number of para-hydroxylation sites is 2. The zero-order chi connectivity index (χ0) is 54.1. The molecule has 1 aromatic heterocycles. The van der Waals surface area contributed by atoms with E-state index >= 15 is 0 Å². The second kappa shape index (κ2) is 16.7. The van der Waals surface area contributed by atoms with Crippen molar-refractivity contribution in [1.29, 1.82) is 0 Å². The Bertz CT molecular complexity index is 3860. The zero-order valence-corrected chi connectivity index (χ0v) is 49.2. The number of nitrogens with zero attached hydrogens (tertiary/aromatic N) is 3. The largest absolute Gasteiger partial charge is 0.311 e. The molecule has 77 heavy (non-hydrogen) atoms. The number of aryl methyl sites for hydroxylation is 1. The monoisotopic (exact) mass is 1030 g/mol. The molecular formula is C72H76BN3S. The summed E-state index contributed by atoms with van der Waals surface area (Å²) in [6.07, 6.45) is 3.47. The lowest BCUT2D eigenvalue weighted by Gasteiger charge is -2.47. The second-order valence-electron chi connectivity index (χ2n) is 28.1. The Morgan fingerprint density at radius 1 is 0.442 bits per heavy atom. The van der Waals surface area contributed by atoms with Crippen LogP contribution in [0.1, 0.15) is 155 Å². The molecule has 8 aromatic carbocycles. The molecule has 3 heterocycles. The van der Waals surface area contributed by atoms with Gasteiger partial charge in [-0.2, -0.15) is 0 Å². The molecule has 0 fully saturated rings. The van der Waals surface area contributed by atoms with Crippen molar-refractivity contribution in [2.24, 2.45) is 0 Å². The molecule has 2 aliphatic heterocycles. The van der Waals surface area contributed by atoms with Gasteiger partial charge in [0.2, 0.25) is 0 Å². The summed E-state index contributed by atoms with van der Waals surface area (Å²) in [5.74, 6) is 0. The van der Waals surface area contributed by atoms with E-state index in [1.807, 2.05) is 11.3 Å². The maximum absolute atomic E-state index is 2.75. The molecule has 4 aliphatic rings. The van der Waals surface area contributed by atoms with Crippen LogP contribution in [-0.4, -0.2) is 6.71 Å². The van der Waals surface area contributed by atoms with Gasteiger partial charge in [0.1, 0.15) is 0 Å². The van der Waals surface area contributed by atoms with Crippen molar-refractivity contribution in [3.8, 4) is 0 Å². The van der Waals surface area contributed by atoms with E-state index in [-0.39, 0.29) is 39.2 Å². The Morgan fingerprint density at radius 3 is 1.57 bits per heavy atom. The molecule has 5 heteroatoms. The van der Waals surface area contributed by atoms with Crippen LogP contribution in [-0.2, 0) is 32.5 Å². The molecule has 0 N–H and O–H groups in total. The fraction of sp³-hybridized carbons (Fsp3) is 0.333. The fourth-order valence-corrected chi connectivity index (χ4v) is 15.7. The van der Waals surface area contributed by atoms with Gasteiger partial charge >= 0.3 is 0 Å². The van der Waals surface area contributed by atoms with Crippen molar-refractivity contribution in [2.75, 3.05) is 14.7 Å². The van der Waals surface area contributed by atoms with E-state index < -0.39 is 0 Å². The maximum Gasteiger partial charge on any atom is 0.252 e. The quantitative estimate of drug-likeness (QED) is 0.159. The summed E-state index contributed by atoms with van der Waals surface area (Å²) in [6, 6.07) is 59.4. The topological polar surface area (TPSA) is 9.72 Å². The van der Waals surface area contributed by atoms with Gasteiger partial charge < -0.3 is 14.7 Å². The highest BCUT2D eigenvalue weighted by atomic mass is 32.1. The van der Waals surface area contributed by atoms with Crippen LogP contribution in [0, 0.1) is 6.92 Å². The van der Waals surface area contributed by atoms with Crippen LogP contribution in [0.2, 0.25) is 0 Å². The number of rotatable bonds is 5. The Balaban J connectivity index is 1.15. The van der Waals surface area contributed by atoms with Gasteiger partial charge in [-0.25, -0.2) is 0 Å². The van der Waals surface area contributed by atoms with Crippen molar-refractivity contribution in [3.63, 3.8) is 0 Å². The summed E-state index contributed by atoms with van der Waals surface area (Å²) in [7, 11) is 0. The van der Waals surface area contributed by atoms with Gasteiger partial charge in [0.15, 0.2) is 0 Å². The normalized spacial score (nSPS) is 17.5. The molecule has 0 saturated heterocycles. The first-order valence-corrected chi connectivity index (χ1v) is 29.3. The number of thiophene rings is 1. The molecular weight excluding hydrogens is 950 g/mol. The number of hydrogen-bond acceptors (Lipinski definition) is 4. The fourth-order valence-electron chi connectivity index (χ4n) is 14.5. The lowest BCUT2D eigenvalue weighted by molar-refractivity contribution is 0.332. The Labute approximate surface area is 464 Å². The number of benzene rings is 8. The van der Waals surface area contributed by atoms with E-state index in [2.05, 4.69) is 270 Å². The SMILES string of the molecule is Cc1cc2c(cc1N1c3cc4c(cc3B3c5ccc(N(c6ccccc6)c6ccccc6)cc5N(c5ccc6c(c5)sc5cc(C(C)(C)C)ccc56)c5cc(C(C)(C)C)cc1c53)C(C)(C)CC4(C)C)C(C)(C)CCC2(C)C. The highest BCUT2D eigenvalue weighted by molar-refractivity contribution is 7.25. The molecule has 2 aliphatic carbocycles. The summed E-state index contributed by atoms with van der Waals surface area (Å²) in [5, 5.41) is 2.65. The van der Waals surface area contributed by atoms with Crippen molar-refractivity contribution >= 4 is 106 Å². The average Bonchev–Trinajstić information content (AvgIpc) is 4.04. The van der Waals surface area contributed by atoms with Gasteiger partial charge in [-0.3, -0.25) is 0 Å². The van der Waals surface area contributed by atoms with Crippen molar-refractivity contribution in [3.05, 3.63) is 191 Å². The van der Waals surface area contributed by atoms with E-state index in [1.165, 1.54) is 122 Å². The summed E-state index contributed by atoms with van der Waals surface area (Å²) < 4.78 is 2.65. The van der Waals surface area contributed by atoms with Crippen LogP contribution in [0.25, 0.3) is 20.2 Å². The Morgan fingerprint density at radius 2 is 0.961 bits per heavy atom. The minimum absolute atomic E-state index is 0.0157. The minimum Gasteiger partial charge on any atom is -0.311 e. The van der Waals surface area contributed by atoms with Gasteiger partial charge in [-0.15, -0.1) is 11.3 Å². The summed E-state index contributed by atoms with van der Waals surface area (Å²) in [5.41, 5.74) is 25.2. The maximum atomic E-state index is 2.75. The highest BCUT2D eigenvalue weighted by Crippen LogP contribution is 2.56. The predicted molar refractivity (Wildman–Crippen MR) is 336 cm³/mol. The highest BCUT2D eigenvalue weighted by Gasteiger charge is 2.49.